The summed E-state index contributed by atoms with van der Waals surface area (Å²) in [5.74, 6) is -0.291. The fourth-order valence-corrected chi connectivity index (χ4v) is 4.35. The van der Waals surface area contributed by atoms with Crippen LogP contribution < -0.4 is 10.0 Å². The van der Waals surface area contributed by atoms with Gasteiger partial charge in [-0.2, -0.15) is 0 Å². The molecular formula is C19H17ClN2O4S. The molecule has 0 spiro atoms. The Balaban J connectivity index is 1.60. The number of carbonyl (C=O) groups is 1. The van der Waals surface area contributed by atoms with Gasteiger partial charge in [-0.25, -0.2) is 13.1 Å². The fourth-order valence-electron chi connectivity index (χ4n) is 2.83. The average molecular weight is 405 g/mol. The van der Waals surface area contributed by atoms with Gasteiger partial charge in [0, 0.05) is 27.7 Å². The van der Waals surface area contributed by atoms with E-state index in [1.54, 1.807) is 37.3 Å². The quantitative estimate of drug-likeness (QED) is 0.670. The molecule has 1 aliphatic rings. The number of benzene rings is 2. The summed E-state index contributed by atoms with van der Waals surface area (Å²) >= 11 is 6.00. The molecule has 3 aromatic rings. The minimum Gasteiger partial charge on any atom is -0.451 e. The zero-order valence-electron chi connectivity index (χ0n) is 14.5. The number of carbonyl (C=O) groups excluding carboxylic acids is 1. The van der Waals surface area contributed by atoms with Crippen LogP contribution in [0, 0.1) is 6.92 Å². The van der Waals surface area contributed by atoms with Crippen molar-refractivity contribution in [1.82, 2.24) is 4.72 Å². The van der Waals surface area contributed by atoms with Gasteiger partial charge in [-0.1, -0.05) is 17.7 Å². The van der Waals surface area contributed by atoms with Crippen molar-refractivity contribution in [3.05, 3.63) is 58.8 Å². The number of aryl methyl sites for hydroxylation is 1. The van der Waals surface area contributed by atoms with E-state index in [0.29, 0.717) is 21.9 Å². The molecule has 27 heavy (non-hydrogen) atoms. The number of nitrogens with one attached hydrogen (secondary N) is 2. The van der Waals surface area contributed by atoms with Gasteiger partial charge in [0.2, 0.25) is 10.0 Å². The molecule has 0 bridgehead atoms. The molecule has 1 fully saturated rings. The molecule has 1 amide bonds. The first kappa shape index (κ1) is 18.0. The van der Waals surface area contributed by atoms with E-state index in [1.807, 2.05) is 0 Å². The SMILES string of the molecule is Cc1c(C(=O)Nc2cccc(S(=O)(=O)NC3CC3)c2)oc2ccc(Cl)cc12. The Morgan fingerprint density at radius 3 is 2.70 bits per heavy atom. The summed E-state index contributed by atoms with van der Waals surface area (Å²) in [5.41, 5.74) is 1.60. The summed E-state index contributed by atoms with van der Waals surface area (Å²) in [7, 11) is -3.59. The summed E-state index contributed by atoms with van der Waals surface area (Å²) in [4.78, 5) is 12.7. The lowest BCUT2D eigenvalue weighted by atomic mass is 10.1. The Bertz CT molecular complexity index is 1150. The van der Waals surface area contributed by atoms with E-state index < -0.39 is 15.9 Å². The molecule has 8 heteroatoms. The zero-order chi connectivity index (χ0) is 19.2. The Hall–Kier alpha value is -2.35. The number of halogens is 1. The molecular weight excluding hydrogens is 388 g/mol. The van der Waals surface area contributed by atoms with Crippen molar-refractivity contribution in [1.29, 1.82) is 0 Å². The van der Waals surface area contributed by atoms with Crippen molar-refractivity contribution in [3.63, 3.8) is 0 Å². The maximum Gasteiger partial charge on any atom is 0.291 e. The van der Waals surface area contributed by atoms with E-state index in [2.05, 4.69) is 10.0 Å². The Labute approximate surface area is 161 Å². The van der Waals surface area contributed by atoms with Gasteiger partial charge in [0.1, 0.15) is 5.58 Å². The average Bonchev–Trinajstić information content (AvgIpc) is 3.37. The zero-order valence-corrected chi connectivity index (χ0v) is 16.0. The van der Waals surface area contributed by atoms with Crippen LogP contribution in [-0.2, 0) is 10.0 Å². The van der Waals surface area contributed by atoms with Gasteiger partial charge >= 0.3 is 0 Å². The highest BCUT2D eigenvalue weighted by Gasteiger charge is 2.28. The first-order valence-corrected chi connectivity index (χ1v) is 10.3. The summed E-state index contributed by atoms with van der Waals surface area (Å²) < 4.78 is 32.9. The summed E-state index contributed by atoms with van der Waals surface area (Å²) in [5, 5.41) is 4.01. The molecule has 1 heterocycles. The lowest BCUT2D eigenvalue weighted by molar-refractivity contribution is 0.0998. The second-order valence-corrected chi connectivity index (χ2v) is 8.72. The van der Waals surface area contributed by atoms with Crippen molar-refractivity contribution in [2.24, 2.45) is 0 Å². The summed E-state index contributed by atoms with van der Waals surface area (Å²) in [6.45, 7) is 1.78. The predicted molar refractivity (Wildman–Crippen MR) is 104 cm³/mol. The highest BCUT2D eigenvalue weighted by molar-refractivity contribution is 7.89. The molecule has 4 rings (SSSR count). The molecule has 1 aromatic heterocycles. The highest BCUT2D eigenvalue weighted by Crippen LogP contribution is 2.29. The van der Waals surface area contributed by atoms with Crippen LogP contribution in [0.5, 0.6) is 0 Å². The van der Waals surface area contributed by atoms with Gasteiger partial charge in [0.05, 0.1) is 4.90 Å². The van der Waals surface area contributed by atoms with Crippen molar-refractivity contribution < 1.29 is 17.6 Å². The molecule has 1 saturated carbocycles. The molecule has 140 valence electrons. The molecule has 6 nitrogen and oxygen atoms in total. The fraction of sp³-hybridized carbons (Fsp3) is 0.211. The van der Waals surface area contributed by atoms with Crippen LogP contribution in [0.15, 0.2) is 51.8 Å². The predicted octanol–water partition coefficient (Wildman–Crippen LogP) is 4.09. The van der Waals surface area contributed by atoms with E-state index >= 15 is 0 Å². The number of hydrogen-bond acceptors (Lipinski definition) is 4. The first-order chi connectivity index (χ1) is 12.8. The van der Waals surface area contributed by atoms with Crippen LogP contribution in [0.4, 0.5) is 5.69 Å². The second kappa shape index (κ2) is 6.67. The third-order valence-electron chi connectivity index (χ3n) is 4.41. The van der Waals surface area contributed by atoms with Gasteiger partial charge in [0.25, 0.3) is 5.91 Å². The Kier molecular flexibility index (Phi) is 4.46. The van der Waals surface area contributed by atoms with Crippen molar-refractivity contribution in [3.8, 4) is 0 Å². The smallest absolute Gasteiger partial charge is 0.291 e. The Morgan fingerprint density at radius 1 is 1.19 bits per heavy atom. The van der Waals surface area contributed by atoms with Crippen LogP contribution in [0.25, 0.3) is 11.0 Å². The lowest BCUT2D eigenvalue weighted by Gasteiger charge is -2.08. The molecule has 0 saturated heterocycles. The van der Waals surface area contributed by atoms with Crippen LogP contribution in [0.3, 0.4) is 0 Å². The highest BCUT2D eigenvalue weighted by atomic mass is 35.5. The topological polar surface area (TPSA) is 88.4 Å². The molecule has 2 aromatic carbocycles. The van der Waals surface area contributed by atoms with E-state index in [0.717, 1.165) is 18.2 Å². The van der Waals surface area contributed by atoms with Crippen molar-refractivity contribution >= 4 is 44.2 Å². The van der Waals surface area contributed by atoms with Gasteiger partial charge in [-0.3, -0.25) is 4.79 Å². The molecule has 0 aliphatic heterocycles. The van der Waals surface area contributed by atoms with E-state index in [4.69, 9.17) is 16.0 Å². The number of sulfonamides is 1. The number of furan rings is 1. The number of fused-ring (bicyclic) bond motifs is 1. The summed E-state index contributed by atoms with van der Waals surface area (Å²) in [6, 6.07) is 11.3. The van der Waals surface area contributed by atoms with Crippen molar-refractivity contribution in [2.45, 2.75) is 30.7 Å². The molecule has 0 unspecified atom stereocenters. The van der Waals surface area contributed by atoms with Crippen LogP contribution in [-0.4, -0.2) is 20.4 Å². The van der Waals surface area contributed by atoms with E-state index in [1.165, 1.54) is 12.1 Å². The first-order valence-electron chi connectivity index (χ1n) is 8.46. The maximum absolute atomic E-state index is 12.6. The second-order valence-electron chi connectivity index (χ2n) is 6.57. The van der Waals surface area contributed by atoms with Crippen LogP contribution in [0.2, 0.25) is 5.02 Å². The number of rotatable bonds is 5. The molecule has 0 atom stereocenters. The normalized spacial score (nSPS) is 14.4. The van der Waals surface area contributed by atoms with Gasteiger partial charge < -0.3 is 9.73 Å². The molecule has 1 aliphatic carbocycles. The van der Waals surface area contributed by atoms with Gasteiger partial charge in [-0.05, 0) is 56.2 Å². The number of amides is 1. The molecule has 0 radical (unpaired) electrons. The van der Waals surface area contributed by atoms with Crippen LogP contribution >= 0.6 is 11.6 Å². The third-order valence-corrected chi connectivity index (χ3v) is 6.16. The lowest BCUT2D eigenvalue weighted by Crippen LogP contribution is -2.25. The van der Waals surface area contributed by atoms with E-state index in [-0.39, 0.29) is 16.7 Å². The standard InChI is InChI=1S/C19H17ClN2O4S/c1-11-16-9-12(20)5-8-17(16)26-18(11)19(23)21-14-3-2-4-15(10-14)27(24,25)22-13-6-7-13/h2-5,8-10,13,22H,6-7H2,1H3,(H,21,23). The Morgan fingerprint density at radius 2 is 1.96 bits per heavy atom. The van der Waals surface area contributed by atoms with Gasteiger partial charge in [-0.15, -0.1) is 0 Å². The summed E-state index contributed by atoms with van der Waals surface area (Å²) in [6.07, 6.45) is 1.70. The van der Waals surface area contributed by atoms with Crippen LogP contribution in [0.1, 0.15) is 29.0 Å². The maximum atomic E-state index is 12.6. The number of anilines is 1. The van der Waals surface area contributed by atoms with Gasteiger partial charge in [0.15, 0.2) is 5.76 Å². The third kappa shape index (κ3) is 3.71. The number of hydrogen-bond donors (Lipinski definition) is 2. The largest absolute Gasteiger partial charge is 0.451 e. The minimum absolute atomic E-state index is 0.0123. The van der Waals surface area contributed by atoms with Crippen molar-refractivity contribution in [2.75, 3.05) is 5.32 Å². The minimum atomic E-state index is -3.59. The monoisotopic (exact) mass is 404 g/mol. The molecule has 2 N–H and O–H groups in total. The van der Waals surface area contributed by atoms with E-state index in [9.17, 15) is 13.2 Å².